The zero-order valence-electron chi connectivity index (χ0n) is 12.3. The van der Waals surface area contributed by atoms with Gasteiger partial charge in [0.2, 0.25) is 5.88 Å². The standard InChI is InChI=1S/C15H19N3O3/c1-18(8-11-3-4-15(19-2)16-7-11)9-13-12-10-20-6-5-14(12)21-17-13/h3-4,7H,5-6,8-10H2,1-2H3. The second-order valence-corrected chi connectivity index (χ2v) is 5.21. The molecule has 112 valence electrons. The summed E-state index contributed by atoms with van der Waals surface area (Å²) < 4.78 is 15.9. The molecule has 0 N–H and O–H groups in total. The van der Waals surface area contributed by atoms with Gasteiger partial charge in [0.15, 0.2) is 0 Å². The van der Waals surface area contributed by atoms with E-state index in [1.54, 1.807) is 7.11 Å². The minimum Gasteiger partial charge on any atom is -0.481 e. The molecule has 0 aliphatic carbocycles. The summed E-state index contributed by atoms with van der Waals surface area (Å²) in [5.74, 6) is 1.60. The first-order chi connectivity index (χ1) is 10.3. The normalized spacial score (nSPS) is 14.2. The molecule has 0 amide bonds. The second kappa shape index (κ2) is 6.24. The lowest BCUT2D eigenvalue weighted by Gasteiger charge is -2.17. The molecule has 2 aromatic rings. The van der Waals surface area contributed by atoms with Crippen LogP contribution in [0.2, 0.25) is 0 Å². The predicted octanol–water partition coefficient (Wildman–Crippen LogP) is 1.78. The summed E-state index contributed by atoms with van der Waals surface area (Å²) in [6.45, 7) is 2.84. The zero-order chi connectivity index (χ0) is 14.7. The molecule has 0 radical (unpaired) electrons. The summed E-state index contributed by atoms with van der Waals surface area (Å²) in [5, 5.41) is 4.17. The topological polar surface area (TPSA) is 60.6 Å². The highest BCUT2D eigenvalue weighted by Gasteiger charge is 2.20. The molecule has 3 heterocycles. The van der Waals surface area contributed by atoms with Gasteiger partial charge in [-0.2, -0.15) is 0 Å². The molecule has 0 saturated heterocycles. The number of aromatic nitrogens is 2. The number of nitrogens with zero attached hydrogens (tertiary/aromatic N) is 3. The molecule has 0 spiro atoms. The number of rotatable bonds is 5. The molecule has 0 unspecified atom stereocenters. The van der Waals surface area contributed by atoms with E-state index in [2.05, 4.69) is 22.1 Å². The molecule has 0 atom stereocenters. The smallest absolute Gasteiger partial charge is 0.212 e. The van der Waals surface area contributed by atoms with Gasteiger partial charge in [-0.3, -0.25) is 4.90 Å². The summed E-state index contributed by atoms with van der Waals surface area (Å²) in [7, 11) is 3.67. The van der Waals surface area contributed by atoms with Gasteiger partial charge in [0, 0.05) is 37.3 Å². The van der Waals surface area contributed by atoms with Gasteiger partial charge in [-0.05, 0) is 12.6 Å². The van der Waals surface area contributed by atoms with Crippen molar-refractivity contribution >= 4 is 0 Å². The van der Waals surface area contributed by atoms with Gasteiger partial charge >= 0.3 is 0 Å². The number of fused-ring (bicyclic) bond motifs is 1. The third-order valence-electron chi connectivity index (χ3n) is 3.55. The highest BCUT2D eigenvalue weighted by Crippen LogP contribution is 2.21. The lowest BCUT2D eigenvalue weighted by Crippen LogP contribution is -2.19. The lowest BCUT2D eigenvalue weighted by molar-refractivity contribution is 0.102. The first-order valence-electron chi connectivity index (χ1n) is 6.98. The molecule has 6 heteroatoms. The largest absolute Gasteiger partial charge is 0.481 e. The van der Waals surface area contributed by atoms with Crippen molar-refractivity contribution < 1.29 is 14.0 Å². The van der Waals surface area contributed by atoms with Gasteiger partial charge in [0.1, 0.15) is 11.5 Å². The van der Waals surface area contributed by atoms with Crippen LogP contribution in [-0.4, -0.2) is 35.8 Å². The summed E-state index contributed by atoms with van der Waals surface area (Å²) in [6.07, 6.45) is 2.64. The Labute approximate surface area is 123 Å². The number of ether oxygens (including phenoxy) is 2. The van der Waals surface area contributed by atoms with E-state index in [1.807, 2.05) is 18.3 Å². The van der Waals surface area contributed by atoms with Crippen LogP contribution in [0.4, 0.5) is 0 Å². The van der Waals surface area contributed by atoms with Crippen LogP contribution < -0.4 is 4.74 Å². The van der Waals surface area contributed by atoms with Crippen LogP contribution in [-0.2, 0) is 30.9 Å². The first kappa shape index (κ1) is 14.0. The second-order valence-electron chi connectivity index (χ2n) is 5.21. The van der Waals surface area contributed by atoms with E-state index in [1.165, 1.54) is 0 Å². The van der Waals surface area contributed by atoms with Crippen LogP contribution in [0.15, 0.2) is 22.9 Å². The number of hydrogen-bond donors (Lipinski definition) is 0. The van der Waals surface area contributed by atoms with Crippen molar-refractivity contribution in [2.45, 2.75) is 26.1 Å². The molecular weight excluding hydrogens is 270 g/mol. The van der Waals surface area contributed by atoms with E-state index in [4.69, 9.17) is 14.0 Å². The minimum atomic E-state index is 0.603. The van der Waals surface area contributed by atoms with E-state index in [-0.39, 0.29) is 0 Å². The Morgan fingerprint density at radius 3 is 3.00 bits per heavy atom. The van der Waals surface area contributed by atoms with Crippen LogP contribution >= 0.6 is 0 Å². The monoisotopic (exact) mass is 289 g/mol. The van der Waals surface area contributed by atoms with Crippen molar-refractivity contribution in [3.05, 3.63) is 40.9 Å². The average molecular weight is 289 g/mol. The summed E-state index contributed by atoms with van der Waals surface area (Å²) in [4.78, 5) is 6.39. The van der Waals surface area contributed by atoms with Crippen molar-refractivity contribution in [2.24, 2.45) is 0 Å². The van der Waals surface area contributed by atoms with Crippen LogP contribution in [0.25, 0.3) is 0 Å². The fourth-order valence-electron chi connectivity index (χ4n) is 2.45. The molecule has 0 fully saturated rings. The molecule has 0 aromatic carbocycles. The van der Waals surface area contributed by atoms with Crippen molar-refractivity contribution in [1.82, 2.24) is 15.0 Å². The molecule has 6 nitrogen and oxygen atoms in total. The van der Waals surface area contributed by atoms with Gasteiger partial charge in [-0.1, -0.05) is 11.2 Å². The maximum atomic E-state index is 5.48. The molecule has 0 bridgehead atoms. The third-order valence-corrected chi connectivity index (χ3v) is 3.55. The van der Waals surface area contributed by atoms with Crippen molar-refractivity contribution in [1.29, 1.82) is 0 Å². The van der Waals surface area contributed by atoms with E-state index in [0.29, 0.717) is 12.5 Å². The van der Waals surface area contributed by atoms with Crippen molar-refractivity contribution in [3.63, 3.8) is 0 Å². The Kier molecular flexibility index (Phi) is 4.17. The van der Waals surface area contributed by atoms with Crippen LogP contribution in [0, 0.1) is 0 Å². The van der Waals surface area contributed by atoms with E-state index in [0.717, 1.165) is 48.7 Å². The van der Waals surface area contributed by atoms with Crippen LogP contribution in [0.3, 0.4) is 0 Å². The lowest BCUT2D eigenvalue weighted by atomic mass is 10.1. The fourth-order valence-corrected chi connectivity index (χ4v) is 2.45. The van der Waals surface area contributed by atoms with Gasteiger partial charge in [0.25, 0.3) is 0 Å². The number of methoxy groups -OCH3 is 1. The number of pyridine rings is 1. The highest BCUT2D eigenvalue weighted by molar-refractivity contribution is 5.24. The van der Waals surface area contributed by atoms with E-state index < -0.39 is 0 Å². The Bertz CT molecular complexity index is 595. The molecular formula is C15H19N3O3. The zero-order valence-corrected chi connectivity index (χ0v) is 12.3. The molecule has 0 saturated carbocycles. The number of hydrogen-bond acceptors (Lipinski definition) is 6. The summed E-state index contributed by atoms with van der Waals surface area (Å²) in [6, 6.07) is 3.89. The summed E-state index contributed by atoms with van der Waals surface area (Å²) in [5.41, 5.74) is 3.21. The molecule has 3 rings (SSSR count). The van der Waals surface area contributed by atoms with E-state index >= 15 is 0 Å². The Morgan fingerprint density at radius 2 is 2.24 bits per heavy atom. The molecule has 1 aliphatic rings. The Morgan fingerprint density at radius 1 is 1.33 bits per heavy atom. The molecule has 21 heavy (non-hydrogen) atoms. The van der Waals surface area contributed by atoms with Crippen molar-refractivity contribution in [2.75, 3.05) is 20.8 Å². The van der Waals surface area contributed by atoms with Gasteiger partial charge < -0.3 is 14.0 Å². The molecule has 1 aliphatic heterocycles. The van der Waals surface area contributed by atoms with Crippen LogP contribution in [0.1, 0.15) is 22.6 Å². The van der Waals surface area contributed by atoms with Crippen LogP contribution in [0.5, 0.6) is 5.88 Å². The fraction of sp³-hybridized carbons (Fsp3) is 0.467. The Hall–Kier alpha value is -1.92. The quantitative estimate of drug-likeness (QED) is 0.836. The third kappa shape index (κ3) is 3.22. The van der Waals surface area contributed by atoms with Gasteiger partial charge in [-0.15, -0.1) is 0 Å². The van der Waals surface area contributed by atoms with E-state index in [9.17, 15) is 0 Å². The molecule has 2 aromatic heterocycles. The first-order valence-corrected chi connectivity index (χ1v) is 6.98. The average Bonchev–Trinajstić information content (AvgIpc) is 2.91. The summed E-state index contributed by atoms with van der Waals surface area (Å²) >= 11 is 0. The predicted molar refractivity (Wildman–Crippen MR) is 75.8 cm³/mol. The maximum absolute atomic E-state index is 5.48. The highest BCUT2D eigenvalue weighted by atomic mass is 16.5. The minimum absolute atomic E-state index is 0.603. The SMILES string of the molecule is COc1ccc(CN(C)Cc2noc3c2COCC3)cn1. The van der Waals surface area contributed by atoms with Gasteiger partial charge in [0.05, 0.1) is 20.3 Å². The maximum Gasteiger partial charge on any atom is 0.212 e. The van der Waals surface area contributed by atoms with Gasteiger partial charge in [-0.25, -0.2) is 4.98 Å². The van der Waals surface area contributed by atoms with Crippen molar-refractivity contribution in [3.8, 4) is 5.88 Å². The Balaban J connectivity index is 1.63.